The minimum Gasteiger partial charge on any atom is -0.267 e. The third kappa shape index (κ3) is 2.86. The van der Waals surface area contributed by atoms with E-state index in [9.17, 15) is 9.59 Å². The first-order valence-corrected chi connectivity index (χ1v) is 8.62. The van der Waals surface area contributed by atoms with E-state index in [-0.39, 0.29) is 0 Å². The van der Waals surface area contributed by atoms with E-state index in [2.05, 4.69) is 10.1 Å². The fraction of sp³-hybridized carbons (Fsp3) is 0. The number of hydrogen-bond donors (Lipinski definition) is 0. The fourth-order valence-corrected chi connectivity index (χ4v) is 3.37. The molecule has 3 aromatic rings. The summed E-state index contributed by atoms with van der Waals surface area (Å²) in [5, 5.41) is 8.17. The molecule has 1 aliphatic rings. The van der Waals surface area contributed by atoms with Crippen molar-refractivity contribution >= 4 is 41.0 Å². The van der Waals surface area contributed by atoms with E-state index in [0.29, 0.717) is 21.8 Å². The number of nitrogens with zero attached hydrogens (tertiary/aromatic N) is 3. The van der Waals surface area contributed by atoms with Gasteiger partial charge in [0.05, 0.1) is 23.0 Å². The smallest absolute Gasteiger partial charge is 0.267 e. The molecule has 2 amide bonds. The minimum atomic E-state index is -0.426. The summed E-state index contributed by atoms with van der Waals surface area (Å²) in [6.07, 6.45) is 1.41. The Bertz CT molecular complexity index is 976. The van der Waals surface area contributed by atoms with Crippen molar-refractivity contribution in [3.8, 4) is 10.6 Å². The van der Waals surface area contributed by atoms with Gasteiger partial charge in [-0.1, -0.05) is 35.9 Å². The molecule has 0 spiro atoms. The van der Waals surface area contributed by atoms with E-state index in [1.165, 1.54) is 17.6 Å². The number of amides is 2. The van der Waals surface area contributed by atoms with Crippen LogP contribution in [0.5, 0.6) is 0 Å². The SMILES string of the molecule is O=C1c2ccccc2C(=O)N1/N=C\c1csc(-c2ccc(Cl)cc2)n1. The summed E-state index contributed by atoms with van der Waals surface area (Å²) in [6.45, 7) is 0. The zero-order chi connectivity index (χ0) is 17.4. The number of hydrazone groups is 1. The average Bonchev–Trinajstić information content (AvgIpc) is 3.19. The third-order valence-corrected chi connectivity index (χ3v) is 4.85. The summed E-state index contributed by atoms with van der Waals surface area (Å²) in [6, 6.07) is 14.0. The van der Waals surface area contributed by atoms with Crippen LogP contribution in [0, 0.1) is 0 Å². The number of halogens is 1. The molecule has 122 valence electrons. The Kier molecular flexibility index (Phi) is 3.91. The molecule has 2 aromatic carbocycles. The van der Waals surface area contributed by atoms with Gasteiger partial charge in [-0.2, -0.15) is 10.1 Å². The number of aromatic nitrogens is 1. The van der Waals surface area contributed by atoms with Crippen LogP contribution in [0.3, 0.4) is 0 Å². The number of rotatable bonds is 3. The van der Waals surface area contributed by atoms with Crippen LogP contribution in [0.2, 0.25) is 5.02 Å². The predicted octanol–water partition coefficient (Wildman–Crippen LogP) is 4.09. The van der Waals surface area contributed by atoms with Crippen LogP contribution in [0.4, 0.5) is 0 Å². The maximum atomic E-state index is 12.2. The maximum Gasteiger partial charge on any atom is 0.282 e. The van der Waals surface area contributed by atoms with Gasteiger partial charge in [0.15, 0.2) is 0 Å². The molecular weight excluding hydrogens is 358 g/mol. The second-order valence-corrected chi connectivity index (χ2v) is 6.59. The number of hydrogen-bond acceptors (Lipinski definition) is 5. The summed E-state index contributed by atoms with van der Waals surface area (Å²) in [5.41, 5.74) is 2.25. The summed E-state index contributed by atoms with van der Waals surface area (Å²) in [5.74, 6) is -0.852. The molecule has 1 aromatic heterocycles. The summed E-state index contributed by atoms with van der Waals surface area (Å²) >= 11 is 7.33. The van der Waals surface area contributed by atoms with Gasteiger partial charge in [-0.25, -0.2) is 4.98 Å². The van der Waals surface area contributed by atoms with Crippen LogP contribution < -0.4 is 0 Å². The first-order chi connectivity index (χ1) is 12.1. The molecule has 1 aliphatic heterocycles. The van der Waals surface area contributed by atoms with E-state index in [1.807, 2.05) is 17.5 Å². The van der Waals surface area contributed by atoms with Gasteiger partial charge in [0, 0.05) is 16.0 Å². The molecule has 5 nitrogen and oxygen atoms in total. The molecule has 0 saturated heterocycles. The molecule has 0 radical (unpaired) electrons. The Hall–Kier alpha value is -2.83. The molecular formula is C18H10ClN3O2S. The van der Waals surface area contributed by atoms with Crippen molar-refractivity contribution in [2.45, 2.75) is 0 Å². The molecule has 0 N–H and O–H groups in total. The maximum absolute atomic E-state index is 12.2. The lowest BCUT2D eigenvalue weighted by atomic mass is 10.1. The van der Waals surface area contributed by atoms with E-state index in [1.54, 1.807) is 36.4 Å². The summed E-state index contributed by atoms with van der Waals surface area (Å²) in [7, 11) is 0. The van der Waals surface area contributed by atoms with Crippen molar-refractivity contribution in [1.82, 2.24) is 9.99 Å². The van der Waals surface area contributed by atoms with Crippen molar-refractivity contribution < 1.29 is 9.59 Å². The van der Waals surface area contributed by atoms with Crippen molar-refractivity contribution in [2.24, 2.45) is 5.10 Å². The zero-order valence-corrected chi connectivity index (χ0v) is 14.3. The Balaban J connectivity index is 1.56. The van der Waals surface area contributed by atoms with Gasteiger partial charge in [-0.3, -0.25) is 9.59 Å². The highest BCUT2D eigenvalue weighted by molar-refractivity contribution is 7.13. The Labute approximate surface area is 152 Å². The van der Waals surface area contributed by atoms with Crippen molar-refractivity contribution in [3.63, 3.8) is 0 Å². The van der Waals surface area contributed by atoms with E-state index < -0.39 is 11.8 Å². The molecule has 7 heteroatoms. The molecule has 4 rings (SSSR count). The highest BCUT2D eigenvalue weighted by atomic mass is 35.5. The Morgan fingerprint density at radius 3 is 2.28 bits per heavy atom. The second kappa shape index (κ2) is 6.23. The molecule has 25 heavy (non-hydrogen) atoms. The Morgan fingerprint density at radius 2 is 1.64 bits per heavy atom. The van der Waals surface area contributed by atoms with Crippen LogP contribution in [0.15, 0.2) is 59.0 Å². The lowest BCUT2D eigenvalue weighted by Gasteiger charge is -2.04. The van der Waals surface area contributed by atoms with Crippen LogP contribution in [0.1, 0.15) is 26.4 Å². The van der Waals surface area contributed by atoms with Crippen LogP contribution in [0.25, 0.3) is 10.6 Å². The zero-order valence-electron chi connectivity index (χ0n) is 12.7. The molecule has 0 bridgehead atoms. The second-order valence-electron chi connectivity index (χ2n) is 5.30. The largest absolute Gasteiger partial charge is 0.282 e. The first-order valence-electron chi connectivity index (χ1n) is 7.37. The highest BCUT2D eigenvalue weighted by Gasteiger charge is 2.35. The quantitative estimate of drug-likeness (QED) is 0.517. The van der Waals surface area contributed by atoms with Crippen molar-refractivity contribution in [3.05, 3.63) is 75.8 Å². The van der Waals surface area contributed by atoms with Gasteiger partial charge in [0.1, 0.15) is 5.01 Å². The topological polar surface area (TPSA) is 62.6 Å². The van der Waals surface area contributed by atoms with Gasteiger partial charge < -0.3 is 0 Å². The predicted molar refractivity (Wildman–Crippen MR) is 97.1 cm³/mol. The number of carbonyl (C=O) groups excluding carboxylic acids is 2. The van der Waals surface area contributed by atoms with Crippen LogP contribution >= 0.6 is 22.9 Å². The molecule has 0 unspecified atom stereocenters. The normalized spacial score (nSPS) is 13.7. The molecule has 0 saturated carbocycles. The lowest BCUT2D eigenvalue weighted by molar-refractivity contribution is 0.0660. The number of fused-ring (bicyclic) bond motifs is 1. The van der Waals surface area contributed by atoms with Gasteiger partial charge in [0.2, 0.25) is 0 Å². The van der Waals surface area contributed by atoms with Crippen molar-refractivity contribution in [1.29, 1.82) is 0 Å². The van der Waals surface area contributed by atoms with Crippen LogP contribution in [-0.2, 0) is 0 Å². The van der Waals surface area contributed by atoms with Gasteiger partial charge in [-0.15, -0.1) is 11.3 Å². The third-order valence-electron chi connectivity index (χ3n) is 3.69. The standard InChI is InChI=1S/C18H10ClN3O2S/c19-12-7-5-11(6-8-12)16-21-13(10-25-16)9-20-22-17(23)14-3-1-2-4-15(14)18(22)24/h1-10H/b20-9-. The summed E-state index contributed by atoms with van der Waals surface area (Å²) < 4.78 is 0. The van der Waals surface area contributed by atoms with E-state index >= 15 is 0 Å². The molecule has 0 aliphatic carbocycles. The van der Waals surface area contributed by atoms with Crippen molar-refractivity contribution in [2.75, 3.05) is 0 Å². The average molecular weight is 368 g/mol. The molecule has 0 fully saturated rings. The number of imide groups is 1. The van der Waals surface area contributed by atoms with Gasteiger partial charge in [0.25, 0.3) is 11.8 Å². The number of benzene rings is 2. The minimum absolute atomic E-state index is 0.366. The molecule has 0 atom stereocenters. The number of carbonyl (C=O) groups is 2. The van der Waals surface area contributed by atoms with Gasteiger partial charge in [-0.05, 0) is 24.3 Å². The van der Waals surface area contributed by atoms with E-state index in [4.69, 9.17) is 11.6 Å². The first kappa shape index (κ1) is 15.7. The number of thiazole rings is 1. The lowest BCUT2D eigenvalue weighted by Crippen LogP contribution is -2.24. The molecule has 2 heterocycles. The highest BCUT2D eigenvalue weighted by Crippen LogP contribution is 2.25. The monoisotopic (exact) mass is 367 g/mol. The Morgan fingerprint density at radius 1 is 1.00 bits per heavy atom. The van der Waals surface area contributed by atoms with Crippen LogP contribution in [-0.4, -0.2) is 28.0 Å². The van der Waals surface area contributed by atoms with Gasteiger partial charge >= 0.3 is 0 Å². The summed E-state index contributed by atoms with van der Waals surface area (Å²) in [4.78, 5) is 28.9. The van der Waals surface area contributed by atoms with E-state index in [0.717, 1.165) is 15.6 Å². The fourth-order valence-electron chi connectivity index (χ4n) is 2.47.